The zero-order valence-electron chi connectivity index (χ0n) is 21.0. The number of fused-ring (bicyclic) bond motifs is 2. The van der Waals surface area contributed by atoms with Crippen molar-refractivity contribution in [3.63, 3.8) is 0 Å². The molecule has 1 N–H and O–H groups in total. The second-order valence-corrected chi connectivity index (χ2v) is 9.69. The molecule has 11 nitrogen and oxygen atoms in total. The first-order chi connectivity index (χ1) is 18.9. The number of nitrogens with one attached hydrogen (secondary N) is 1. The van der Waals surface area contributed by atoms with E-state index in [-0.39, 0.29) is 49.1 Å². The number of hydrogen-bond donors (Lipinski definition) is 1. The van der Waals surface area contributed by atoms with Crippen molar-refractivity contribution in [3.8, 4) is 0 Å². The van der Waals surface area contributed by atoms with E-state index in [1.807, 2.05) is 10.00 Å². The van der Waals surface area contributed by atoms with Crippen LogP contribution in [0, 0.1) is 0 Å². The van der Waals surface area contributed by atoms with Crippen LogP contribution in [0.2, 0.25) is 0 Å². The van der Waals surface area contributed by atoms with Crippen LogP contribution in [0.3, 0.4) is 0 Å². The number of rotatable bonds is 7. The Hall–Kier alpha value is -3.76. The third-order valence-corrected chi connectivity index (χ3v) is 7.15. The standard InChI is InChI=1S/C23H24F6N8O3/c1-12(37-16-10-32-33-20(39)18(16)19(34-37)23(27,28)29)11-40-7-4-17(38)35-5-2-15-14(35)3-6-36(15)21-30-8-13(9-31-21)22(24,25)26/h8-10,12,14-15H,2-7,11H2,1H3,(H,33,39)/t12?,14-,15-/m1/s1. The Morgan fingerprint density at radius 2 is 1.77 bits per heavy atom. The molecule has 0 saturated carbocycles. The van der Waals surface area contributed by atoms with Crippen LogP contribution in [0.15, 0.2) is 23.4 Å². The molecule has 2 aliphatic heterocycles. The lowest BCUT2D eigenvalue weighted by Gasteiger charge is -2.26. The Balaban J connectivity index is 1.15. The number of halogens is 6. The van der Waals surface area contributed by atoms with E-state index in [9.17, 15) is 35.9 Å². The second kappa shape index (κ2) is 10.3. The van der Waals surface area contributed by atoms with Gasteiger partial charge in [0, 0.05) is 25.5 Å². The molecular formula is C23H24F6N8O3. The summed E-state index contributed by atoms with van der Waals surface area (Å²) in [7, 11) is 0. The normalized spacial score (nSPS) is 20.4. The van der Waals surface area contributed by atoms with Gasteiger partial charge in [0.05, 0.1) is 55.0 Å². The quantitative estimate of drug-likeness (QED) is 0.338. The Kier molecular flexibility index (Phi) is 7.18. The molecule has 1 amide bonds. The monoisotopic (exact) mass is 574 g/mol. The van der Waals surface area contributed by atoms with E-state index in [0.29, 0.717) is 25.9 Å². The smallest absolute Gasteiger partial charge is 0.379 e. The summed E-state index contributed by atoms with van der Waals surface area (Å²) < 4.78 is 85.3. The summed E-state index contributed by atoms with van der Waals surface area (Å²) in [5.74, 6) is 0.0131. The number of likely N-dealkylation sites (tertiary alicyclic amines) is 1. The van der Waals surface area contributed by atoms with Crippen molar-refractivity contribution < 1.29 is 35.9 Å². The predicted octanol–water partition coefficient (Wildman–Crippen LogP) is 2.79. The average Bonchev–Trinajstić information content (AvgIpc) is 3.60. The zero-order chi connectivity index (χ0) is 28.8. The van der Waals surface area contributed by atoms with Crippen LogP contribution in [-0.2, 0) is 21.9 Å². The van der Waals surface area contributed by atoms with Crippen LogP contribution in [-0.4, -0.2) is 79.1 Å². The summed E-state index contributed by atoms with van der Waals surface area (Å²) in [6.45, 7) is 2.46. The number of nitrogens with zero attached hydrogens (tertiary/aromatic N) is 7. The third-order valence-electron chi connectivity index (χ3n) is 7.15. The Labute approximate surface area is 222 Å². The van der Waals surface area contributed by atoms with Gasteiger partial charge in [-0.2, -0.15) is 36.5 Å². The van der Waals surface area contributed by atoms with E-state index in [1.54, 1.807) is 11.8 Å². The second-order valence-electron chi connectivity index (χ2n) is 9.69. The zero-order valence-corrected chi connectivity index (χ0v) is 21.0. The van der Waals surface area contributed by atoms with Crippen molar-refractivity contribution in [2.24, 2.45) is 0 Å². The molecule has 2 aliphatic rings. The van der Waals surface area contributed by atoms with Gasteiger partial charge < -0.3 is 14.5 Å². The summed E-state index contributed by atoms with van der Waals surface area (Å²) in [5, 5.41) is 8.53. The number of ether oxygens (including phenoxy) is 1. The minimum atomic E-state index is -4.84. The molecule has 0 aliphatic carbocycles. The third kappa shape index (κ3) is 5.21. The molecule has 40 heavy (non-hydrogen) atoms. The molecule has 5 heterocycles. The highest BCUT2D eigenvalue weighted by atomic mass is 19.4. The summed E-state index contributed by atoms with van der Waals surface area (Å²) in [6.07, 6.45) is -5.54. The predicted molar refractivity (Wildman–Crippen MR) is 126 cm³/mol. The molecule has 17 heteroatoms. The maximum absolute atomic E-state index is 13.4. The van der Waals surface area contributed by atoms with E-state index >= 15 is 0 Å². The van der Waals surface area contributed by atoms with E-state index in [0.717, 1.165) is 23.3 Å². The Morgan fingerprint density at radius 1 is 1.07 bits per heavy atom. The fourth-order valence-electron chi connectivity index (χ4n) is 5.33. The molecule has 2 fully saturated rings. The van der Waals surface area contributed by atoms with Gasteiger partial charge in [-0.1, -0.05) is 0 Å². The minimum Gasteiger partial charge on any atom is -0.379 e. The highest BCUT2D eigenvalue weighted by Gasteiger charge is 2.45. The summed E-state index contributed by atoms with van der Waals surface area (Å²) in [4.78, 5) is 36.2. The largest absolute Gasteiger partial charge is 0.435 e. The van der Waals surface area contributed by atoms with E-state index in [1.165, 1.54) is 0 Å². The first-order valence-corrected chi connectivity index (χ1v) is 12.4. The van der Waals surface area contributed by atoms with Gasteiger partial charge in [-0.05, 0) is 19.8 Å². The maximum atomic E-state index is 13.4. The van der Waals surface area contributed by atoms with Crippen LogP contribution < -0.4 is 10.5 Å². The summed E-state index contributed by atoms with van der Waals surface area (Å²) in [6, 6.07) is -0.950. The number of carbonyl (C=O) groups is 1. The van der Waals surface area contributed by atoms with Gasteiger partial charge in [0.25, 0.3) is 5.56 Å². The number of aromatic amines is 1. The topological polar surface area (TPSA) is 122 Å². The molecule has 2 saturated heterocycles. The van der Waals surface area contributed by atoms with Crippen LogP contribution in [0.4, 0.5) is 32.3 Å². The molecule has 0 spiro atoms. The number of aromatic nitrogens is 6. The van der Waals surface area contributed by atoms with Gasteiger partial charge in [0.15, 0.2) is 5.69 Å². The van der Waals surface area contributed by atoms with Crippen molar-refractivity contribution in [2.45, 2.75) is 56.7 Å². The number of amides is 1. The number of anilines is 1. The number of alkyl halides is 6. The fourth-order valence-corrected chi connectivity index (χ4v) is 5.33. The first kappa shape index (κ1) is 27.8. The highest BCUT2D eigenvalue weighted by molar-refractivity contribution is 5.80. The maximum Gasteiger partial charge on any atom is 0.435 e. The molecule has 216 valence electrons. The van der Waals surface area contributed by atoms with Gasteiger partial charge in [-0.15, -0.1) is 0 Å². The molecule has 0 radical (unpaired) electrons. The Bertz CT molecular complexity index is 1440. The van der Waals surface area contributed by atoms with Crippen LogP contribution in [0.25, 0.3) is 10.9 Å². The molecule has 3 atom stereocenters. The average molecular weight is 574 g/mol. The number of carbonyl (C=O) groups excluding carboxylic acids is 1. The molecule has 3 aromatic heterocycles. The lowest BCUT2D eigenvalue weighted by molar-refractivity contribution is -0.140. The summed E-state index contributed by atoms with van der Waals surface area (Å²) in [5.41, 5.74) is -3.34. The van der Waals surface area contributed by atoms with E-state index < -0.39 is 40.6 Å². The van der Waals surface area contributed by atoms with Crippen LogP contribution in [0.1, 0.15) is 43.5 Å². The van der Waals surface area contributed by atoms with E-state index in [4.69, 9.17) is 4.74 Å². The van der Waals surface area contributed by atoms with Crippen molar-refractivity contribution >= 4 is 22.8 Å². The molecule has 5 rings (SSSR count). The van der Waals surface area contributed by atoms with Crippen LogP contribution >= 0.6 is 0 Å². The van der Waals surface area contributed by atoms with Crippen molar-refractivity contribution in [3.05, 3.63) is 40.2 Å². The van der Waals surface area contributed by atoms with Gasteiger partial charge >= 0.3 is 12.4 Å². The van der Waals surface area contributed by atoms with Gasteiger partial charge in [-0.3, -0.25) is 14.3 Å². The SMILES string of the molecule is CC(COCCC(=O)N1CC[C@@H]2[C@H]1CCN2c1ncc(C(F)(F)F)cn1)n1nc(C(F)(F)F)c2c(=O)[nH]ncc21. The highest BCUT2D eigenvalue weighted by Crippen LogP contribution is 2.35. The van der Waals surface area contributed by atoms with Crippen LogP contribution in [0.5, 0.6) is 0 Å². The Morgan fingerprint density at radius 3 is 2.45 bits per heavy atom. The fraction of sp³-hybridized carbons (Fsp3) is 0.565. The van der Waals surface area contributed by atoms with Gasteiger partial charge in [0.2, 0.25) is 11.9 Å². The molecular weight excluding hydrogens is 550 g/mol. The number of hydrogen-bond acceptors (Lipinski definition) is 8. The first-order valence-electron chi connectivity index (χ1n) is 12.4. The molecule has 0 bridgehead atoms. The number of H-pyrrole nitrogens is 1. The molecule has 3 aromatic rings. The minimum absolute atomic E-state index is 0.00690. The van der Waals surface area contributed by atoms with E-state index in [2.05, 4.69) is 20.2 Å². The van der Waals surface area contributed by atoms with Crippen molar-refractivity contribution in [1.82, 2.24) is 34.8 Å². The lowest BCUT2D eigenvalue weighted by Crippen LogP contribution is -2.40. The summed E-state index contributed by atoms with van der Waals surface area (Å²) >= 11 is 0. The molecule has 0 aromatic carbocycles. The lowest BCUT2D eigenvalue weighted by atomic mass is 10.1. The van der Waals surface area contributed by atoms with Gasteiger partial charge in [-0.25, -0.2) is 15.1 Å². The van der Waals surface area contributed by atoms with Crippen molar-refractivity contribution in [1.29, 1.82) is 0 Å². The van der Waals surface area contributed by atoms with Gasteiger partial charge in [0.1, 0.15) is 5.39 Å². The molecule has 1 unspecified atom stereocenters. The van der Waals surface area contributed by atoms with Crippen molar-refractivity contribution in [2.75, 3.05) is 31.2 Å².